The summed E-state index contributed by atoms with van der Waals surface area (Å²) in [5, 5.41) is 3.75. The molecule has 17 heavy (non-hydrogen) atoms. The van der Waals surface area contributed by atoms with E-state index in [-0.39, 0.29) is 0 Å². The van der Waals surface area contributed by atoms with Gasteiger partial charge in [0.1, 0.15) is 0 Å². The topological polar surface area (TPSA) is 20.2 Å². The Labute approximate surface area is 104 Å². The maximum absolute atomic E-state index is 3.75. The lowest BCUT2D eigenvalue weighted by Crippen LogP contribution is -2.38. The van der Waals surface area contributed by atoms with Gasteiger partial charge in [0.2, 0.25) is 0 Å². The standard InChI is InChI=1S/C14H23N3/c1-2-16-8-5-12(11-16)10-15-13-6-9-17-7-3-4-14(13)17/h5,8,11,13-15H,2-4,6-7,9-10H2,1H3. The van der Waals surface area contributed by atoms with Gasteiger partial charge in [-0.2, -0.15) is 0 Å². The number of fused-ring (bicyclic) bond motifs is 1. The maximum atomic E-state index is 3.75. The van der Waals surface area contributed by atoms with E-state index in [1.807, 2.05) is 0 Å². The van der Waals surface area contributed by atoms with Crippen LogP contribution in [-0.2, 0) is 13.1 Å². The predicted octanol–water partition coefficient (Wildman–Crippen LogP) is 1.83. The molecule has 0 aromatic carbocycles. The SMILES string of the molecule is CCn1ccc(CNC2CCN3CCCC23)c1. The van der Waals surface area contributed by atoms with Gasteiger partial charge in [0.15, 0.2) is 0 Å². The molecule has 0 saturated carbocycles. The van der Waals surface area contributed by atoms with E-state index in [4.69, 9.17) is 0 Å². The average Bonchev–Trinajstić information content (AvgIpc) is 3.03. The highest BCUT2D eigenvalue weighted by Gasteiger charge is 2.36. The second-order valence-electron chi connectivity index (χ2n) is 5.37. The largest absolute Gasteiger partial charge is 0.354 e. The minimum atomic E-state index is 0.725. The number of aromatic nitrogens is 1. The van der Waals surface area contributed by atoms with Gasteiger partial charge in [-0.25, -0.2) is 0 Å². The van der Waals surface area contributed by atoms with Crippen molar-refractivity contribution in [1.82, 2.24) is 14.8 Å². The van der Waals surface area contributed by atoms with Crippen molar-refractivity contribution in [3.05, 3.63) is 24.0 Å². The van der Waals surface area contributed by atoms with Crippen molar-refractivity contribution in [3.63, 3.8) is 0 Å². The van der Waals surface area contributed by atoms with E-state index < -0.39 is 0 Å². The molecule has 3 heterocycles. The van der Waals surface area contributed by atoms with Gasteiger partial charge in [0, 0.05) is 44.1 Å². The summed E-state index contributed by atoms with van der Waals surface area (Å²) in [6.07, 6.45) is 8.56. The Morgan fingerprint density at radius 1 is 1.35 bits per heavy atom. The van der Waals surface area contributed by atoms with Crippen LogP contribution in [-0.4, -0.2) is 34.6 Å². The molecule has 0 bridgehead atoms. The van der Waals surface area contributed by atoms with E-state index >= 15 is 0 Å². The van der Waals surface area contributed by atoms with Crippen molar-refractivity contribution in [2.24, 2.45) is 0 Å². The van der Waals surface area contributed by atoms with Crippen molar-refractivity contribution < 1.29 is 0 Å². The van der Waals surface area contributed by atoms with E-state index in [0.717, 1.165) is 25.2 Å². The smallest absolute Gasteiger partial charge is 0.0250 e. The first-order valence-corrected chi connectivity index (χ1v) is 6.99. The summed E-state index contributed by atoms with van der Waals surface area (Å²) in [5.74, 6) is 0. The molecule has 2 fully saturated rings. The van der Waals surface area contributed by atoms with Crippen LogP contribution in [0.5, 0.6) is 0 Å². The molecule has 0 amide bonds. The van der Waals surface area contributed by atoms with Gasteiger partial charge < -0.3 is 9.88 Å². The van der Waals surface area contributed by atoms with Gasteiger partial charge >= 0.3 is 0 Å². The molecule has 1 aromatic heterocycles. The Bertz CT molecular complexity index is 371. The van der Waals surface area contributed by atoms with Crippen molar-refractivity contribution >= 4 is 0 Å². The van der Waals surface area contributed by atoms with Crippen molar-refractivity contribution in [2.75, 3.05) is 13.1 Å². The molecule has 3 rings (SSSR count). The van der Waals surface area contributed by atoms with Crippen LogP contribution in [0.3, 0.4) is 0 Å². The molecule has 2 unspecified atom stereocenters. The fourth-order valence-electron chi connectivity index (χ4n) is 3.36. The summed E-state index contributed by atoms with van der Waals surface area (Å²) < 4.78 is 2.24. The van der Waals surface area contributed by atoms with Gasteiger partial charge in [-0.15, -0.1) is 0 Å². The van der Waals surface area contributed by atoms with E-state index in [9.17, 15) is 0 Å². The summed E-state index contributed by atoms with van der Waals surface area (Å²) in [4.78, 5) is 2.66. The molecule has 1 N–H and O–H groups in total. The zero-order valence-electron chi connectivity index (χ0n) is 10.7. The Hall–Kier alpha value is -0.800. The fraction of sp³-hybridized carbons (Fsp3) is 0.714. The molecule has 1 aromatic rings. The second-order valence-corrected chi connectivity index (χ2v) is 5.37. The summed E-state index contributed by atoms with van der Waals surface area (Å²) in [6.45, 7) is 6.92. The normalized spacial score (nSPS) is 28.8. The van der Waals surface area contributed by atoms with Crippen LogP contribution in [0.25, 0.3) is 0 Å². The molecule has 0 spiro atoms. The Morgan fingerprint density at radius 2 is 2.29 bits per heavy atom. The first-order valence-electron chi connectivity index (χ1n) is 6.99. The lowest BCUT2D eigenvalue weighted by Gasteiger charge is -2.21. The van der Waals surface area contributed by atoms with E-state index in [1.54, 1.807) is 0 Å². The number of rotatable bonds is 4. The average molecular weight is 233 g/mol. The van der Waals surface area contributed by atoms with Gasteiger partial charge in [0.05, 0.1) is 0 Å². The van der Waals surface area contributed by atoms with Gasteiger partial charge in [0.25, 0.3) is 0 Å². The number of nitrogens with one attached hydrogen (secondary N) is 1. The second kappa shape index (κ2) is 4.83. The van der Waals surface area contributed by atoms with Crippen LogP contribution in [0.1, 0.15) is 31.7 Å². The highest BCUT2D eigenvalue weighted by molar-refractivity contribution is 5.10. The first kappa shape index (κ1) is 11.3. The molecular formula is C14H23N3. The third-order valence-corrected chi connectivity index (χ3v) is 4.35. The van der Waals surface area contributed by atoms with Gasteiger partial charge in [-0.1, -0.05) is 0 Å². The molecule has 2 saturated heterocycles. The van der Waals surface area contributed by atoms with Crippen LogP contribution >= 0.6 is 0 Å². The van der Waals surface area contributed by atoms with Crippen LogP contribution in [0.4, 0.5) is 0 Å². The van der Waals surface area contributed by atoms with Crippen molar-refractivity contribution in [3.8, 4) is 0 Å². The highest BCUT2D eigenvalue weighted by Crippen LogP contribution is 2.28. The number of hydrogen-bond donors (Lipinski definition) is 1. The fourth-order valence-corrected chi connectivity index (χ4v) is 3.36. The molecule has 2 atom stereocenters. The Morgan fingerprint density at radius 3 is 3.12 bits per heavy atom. The maximum Gasteiger partial charge on any atom is 0.0250 e. The minimum Gasteiger partial charge on any atom is -0.354 e. The minimum absolute atomic E-state index is 0.725. The lowest BCUT2D eigenvalue weighted by atomic mass is 10.1. The monoisotopic (exact) mass is 233 g/mol. The summed E-state index contributed by atoms with van der Waals surface area (Å²) in [6, 6.07) is 3.78. The third-order valence-electron chi connectivity index (χ3n) is 4.35. The quantitative estimate of drug-likeness (QED) is 0.856. The molecule has 94 valence electrons. The van der Waals surface area contributed by atoms with E-state index in [1.165, 1.54) is 37.9 Å². The molecule has 0 radical (unpaired) electrons. The number of aryl methyl sites for hydroxylation is 1. The van der Waals surface area contributed by atoms with E-state index in [0.29, 0.717) is 0 Å². The lowest BCUT2D eigenvalue weighted by molar-refractivity contribution is 0.298. The summed E-state index contributed by atoms with van der Waals surface area (Å²) in [7, 11) is 0. The van der Waals surface area contributed by atoms with Crippen molar-refractivity contribution in [2.45, 2.75) is 51.4 Å². The Balaban J connectivity index is 1.54. The summed E-state index contributed by atoms with van der Waals surface area (Å²) in [5.41, 5.74) is 1.42. The molecular weight excluding hydrogens is 210 g/mol. The molecule has 0 aliphatic carbocycles. The Kier molecular flexibility index (Phi) is 3.21. The molecule has 3 heteroatoms. The first-order chi connectivity index (χ1) is 8.36. The summed E-state index contributed by atoms with van der Waals surface area (Å²) >= 11 is 0. The molecule has 2 aliphatic heterocycles. The zero-order chi connectivity index (χ0) is 11.7. The van der Waals surface area contributed by atoms with Crippen LogP contribution < -0.4 is 5.32 Å². The van der Waals surface area contributed by atoms with Crippen LogP contribution in [0.2, 0.25) is 0 Å². The number of hydrogen-bond acceptors (Lipinski definition) is 2. The van der Waals surface area contributed by atoms with Gasteiger partial charge in [-0.3, -0.25) is 4.90 Å². The number of nitrogens with zero attached hydrogens (tertiary/aromatic N) is 2. The molecule has 2 aliphatic rings. The predicted molar refractivity (Wildman–Crippen MR) is 69.9 cm³/mol. The van der Waals surface area contributed by atoms with E-state index in [2.05, 4.69) is 40.2 Å². The molecule has 3 nitrogen and oxygen atoms in total. The highest BCUT2D eigenvalue weighted by atomic mass is 15.2. The van der Waals surface area contributed by atoms with Crippen LogP contribution in [0, 0.1) is 0 Å². The van der Waals surface area contributed by atoms with Crippen molar-refractivity contribution in [1.29, 1.82) is 0 Å². The van der Waals surface area contributed by atoms with Crippen LogP contribution in [0.15, 0.2) is 18.5 Å². The third kappa shape index (κ3) is 2.26. The zero-order valence-corrected chi connectivity index (χ0v) is 10.7. The van der Waals surface area contributed by atoms with Gasteiger partial charge in [-0.05, 0) is 44.4 Å².